The maximum Gasteiger partial charge on any atom is 0.433 e. The molecule has 0 spiro atoms. The zero-order valence-corrected chi connectivity index (χ0v) is 11.3. The van der Waals surface area contributed by atoms with Gasteiger partial charge in [0.05, 0.1) is 17.6 Å². The Kier molecular flexibility index (Phi) is 4.73. The summed E-state index contributed by atoms with van der Waals surface area (Å²) in [6.45, 7) is 0. The van der Waals surface area contributed by atoms with Gasteiger partial charge in [0.2, 0.25) is 0 Å². The van der Waals surface area contributed by atoms with Crippen LogP contribution in [0.15, 0.2) is 12.3 Å². The summed E-state index contributed by atoms with van der Waals surface area (Å²) < 4.78 is 38.0. The van der Waals surface area contributed by atoms with Crippen LogP contribution in [0.3, 0.4) is 0 Å². The Morgan fingerprint density at radius 1 is 1.10 bits per heavy atom. The van der Waals surface area contributed by atoms with Crippen LogP contribution in [0.25, 0.3) is 0 Å². The number of nitrogens with two attached hydrogens (primary N) is 1. The van der Waals surface area contributed by atoms with Crippen molar-refractivity contribution in [3.05, 3.63) is 18.0 Å². The van der Waals surface area contributed by atoms with Crippen molar-refractivity contribution in [3.8, 4) is 0 Å². The fourth-order valence-corrected chi connectivity index (χ4v) is 2.57. The van der Waals surface area contributed by atoms with Gasteiger partial charge in [0.15, 0.2) is 0 Å². The predicted octanol–water partition coefficient (Wildman–Crippen LogP) is 4.21. The van der Waals surface area contributed by atoms with Gasteiger partial charge in [0.1, 0.15) is 5.69 Å². The summed E-state index contributed by atoms with van der Waals surface area (Å²) >= 11 is 0. The van der Waals surface area contributed by atoms with Crippen molar-refractivity contribution in [1.82, 2.24) is 4.98 Å². The molecule has 0 aromatic carbocycles. The van der Waals surface area contributed by atoms with Crippen LogP contribution in [-0.2, 0) is 6.18 Å². The zero-order chi connectivity index (χ0) is 14.6. The summed E-state index contributed by atoms with van der Waals surface area (Å²) in [4.78, 5) is 3.35. The van der Waals surface area contributed by atoms with E-state index in [2.05, 4.69) is 10.3 Å². The Labute approximate surface area is 116 Å². The van der Waals surface area contributed by atoms with Gasteiger partial charge in [-0.25, -0.2) is 4.98 Å². The minimum Gasteiger partial charge on any atom is -0.396 e. The van der Waals surface area contributed by atoms with Crippen molar-refractivity contribution in [2.24, 2.45) is 0 Å². The van der Waals surface area contributed by atoms with Gasteiger partial charge in [-0.05, 0) is 18.9 Å². The monoisotopic (exact) mass is 287 g/mol. The van der Waals surface area contributed by atoms with E-state index in [1.54, 1.807) is 0 Å². The molecular formula is C14H20F3N3. The molecule has 1 aliphatic carbocycles. The lowest BCUT2D eigenvalue weighted by molar-refractivity contribution is -0.141. The molecule has 20 heavy (non-hydrogen) atoms. The minimum absolute atomic E-state index is 0.195. The SMILES string of the molecule is Nc1cnc(C(F)(F)F)cc1NC1CCCCCCC1. The first kappa shape index (κ1) is 14.9. The normalized spacial score (nSPS) is 18.4. The summed E-state index contributed by atoms with van der Waals surface area (Å²) in [6, 6.07) is 1.20. The Bertz CT molecular complexity index is 438. The first-order valence-corrected chi connectivity index (χ1v) is 7.06. The molecule has 0 atom stereocenters. The second-order valence-electron chi connectivity index (χ2n) is 5.34. The number of nitrogens with one attached hydrogen (secondary N) is 1. The maximum atomic E-state index is 12.7. The largest absolute Gasteiger partial charge is 0.433 e. The fourth-order valence-electron chi connectivity index (χ4n) is 2.57. The lowest BCUT2D eigenvalue weighted by Gasteiger charge is -2.23. The highest BCUT2D eigenvalue weighted by Gasteiger charge is 2.33. The first-order valence-electron chi connectivity index (χ1n) is 7.06. The molecule has 1 saturated carbocycles. The van der Waals surface area contributed by atoms with Crippen molar-refractivity contribution in [2.75, 3.05) is 11.1 Å². The van der Waals surface area contributed by atoms with Crippen LogP contribution in [0, 0.1) is 0 Å². The van der Waals surface area contributed by atoms with E-state index in [1.165, 1.54) is 19.3 Å². The van der Waals surface area contributed by atoms with Gasteiger partial charge in [0, 0.05) is 6.04 Å². The molecule has 3 N–H and O–H groups in total. The minimum atomic E-state index is -4.44. The number of halogens is 3. The summed E-state index contributed by atoms with van der Waals surface area (Å²) in [6.07, 6.45) is 4.44. The molecule has 1 heterocycles. The molecule has 0 unspecified atom stereocenters. The van der Waals surface area contributed by atoms with Crippen molar-refractivity contribution in [2.45, 2.75) is 57.2 Å². The number of nitrogens with zero attached hydrogens (tertiary/aromatic N) is 1. The summed E-state index contributed by atoms with van der Waals surface area (Å²) in [5.41, 5.74) is 5.43. The van der Waals surface area contributed by atoms with E-state index < -0.39 is 11.9 Å². The number of alkyl halides is 3. The van der Waals surface area contributed by atoms with Crippen molar-refractivity contribution >= 4 is 11.4 Å². The number of pyridine rings is 1. The van der Waals surface area contributed by atoms with E-state index in [9.17, 15) is 13.2 Å². The Morgan fingerprint density at radius 3 is 2.30 bits per heavy atom. The molecule has 2 rings (SSSR count). The van der Waals surface area contributed by atoms with Gasteiger partial charge in [0.25, 0.3) is 0 Å². The van der Waals surface area contributed by atoms with Crippen molar-refractivity contribution < 1.29 is 13.2 Å². The Balaban J connectivity index is 2.10. The molecule has 0 radical (unpaired) electrons. The van der Waals surface area contributed by atoms with E-state index >= 15 is 0 Å². The quantitative estimate of drug-likeness (QED) is 0.856. The molecule has 1 aliphatic rings. The molecule has 0 saturated heterocycles. The fraction of sp³-hybridized carbons (Fsp3) is 0.643. The second kappa shape index (κ2) is 6.33. The van der Waals surface area contributed by atoms with Crippen molar-refractivity contribution in [1.29, 1.82) is 0 Å². The Morgan fingerprint density at radius 2 is 1.70 bits per heavy atom. The van der Waals surface area contributed by atoms with Gasteiger partial charge in [-0.1, -0.05) is 32.1 Å². The molecule has 1 aromatic heterocycles. The highest BCUT2D eigenvalue weighted by Crippen LogP contribution is 2.32. The van der Waals surface area contributed by atoms with Crippen molar-refractivity contribution in [3.63, 3.8) is 0 Å². The summed E-state index contributed by atoms with van der Waals surface area (Å²) in [7, 11) is 0. The maximum absolute atomic E-state index is 12.7. The predicted molar refractivity (Wildman–Crippen MR) is 73.4 cm³/mol. The van der Waals surface area contributed by atoms with Gasteiger partial charge in [-0.3, -0.25) is 0 Å². The molecule has 6 heteroatoms. The van der Waals surface area contributed by atoms with Gasteiger partial charge >= 0.3 is 6.18 Å². The highest BCUT2D eigenvalue weighted by molar-refractivity contribution is 5.65. The van der Waals surface area contributed by atoms with Crippen LogP contribution in [0.1, 0.15) is 50.6 Å². The zero-order valence-electron chi connectivity index (χ0n) is 11.3. The molecule has 0 aliphatic heterocycles. The number of aromatic nitrogens is 1. The molecular weight excluding hydrogens is 267 g/mol. The lowest BCUT2D eigenvalue weighted by atomic mass is 9.96. The third-order valence-electron chi connectivity index (χ3n) is 3.69. The summed E-state index contributed by atoms with van der Waals surface area (Å²) in [5.74, 6) is 0. The van der Waals surface area contributed by atoms with E-state index in [0.717, 1.165) is 37.9 Å². The number of hydrogen-bond donors (Lipinski definition) is 2. The summed E-state index contributed by atoms with van der Waals surface area (Å²) in [5, 5.41) is 3.16. The van der Waals surface area contributed by atoms with Gasteiger partial charge in [-0.2, -0.15) is 13.2 Å². The smallest absolute Gasteiger partial charge is 0.396 e. The van der Waals surface area contributed by atoms with Crippen LogP contribution in [-0.4, -0.2) is 11.0 Å². The highest BCUT2D eigenvalue weighted by atomic mass is 19.4. The van der Waals surface area contributed by atoms with Gasteiger partial charge < -0.3 is 11.1 Å². The molecule has 1 aromatic rings. The van der Waals surface area contributed by atoms with Gasteiger partial charge in [-0.15, -0.1) is 0 Å². The number of rotatable bonds is 2. The first-order chi connectivity index (χ1) is 9.47. The number of hydrogen-bond acceptors (Lipinski definition) is 3. The van der Waals surface area contributed by atoms with Crippen LogP contribution >= 0.6 is 0 Å². The molecule has 0 amide bonds. The third kappa shape index (κ3) is 4.02. The molecule has 0 bridgehead atoms. The van der Waals surface area contributed by atoms with E-state index in [4.69, 9.17) is 5.73 Å². The van der Waals surface area contributed by atoms with Crippen LogP contribution in [0.4, 0.5) is 24.5 Å². The molecule has 3 nitrogen and oxygen atoms in total. The number of nitrogen functional groups attached to an aromatic ring is 1. The van der Waals surface area contributed by atoms with Crippen LogP contribution in [0.5, 0.6) is 0 Å². The van der Waals surface area contributed by atoms with Crippen LogP contribution in [0.2, 0.25) is 0 Å². The molecule has 1 fully saturated rings. The average molecular weight is 287 g/mol. The third-order valence-corrected chi connectivity index (χ3v) is 3.69. The number of anilines is 2. The topological polar surface area (TPSA) is 50.9 Å². The molecule has 112 valence electrons. The van der Waals surface area contributed by atoms with E-state index in [1.807, 2.05) is 0 Å². The van der Waals surface area contributed by atoms with Crippen LogP contribution < -0.4 is 11.1 Å². The van der Waals surface area contributed by atoms with E-state index in [0.29, 0.717) is 5.69 Å². The second-order valence-corrected chi connectivity index (χ2v) is 5.34. The Hall–Kier alpha value is -1.46. The standard InChI is InChI=1S/C14H20F3N3/c15-14(16,17)13-8-12(11(18)9-19-13)20-10-6-4-2-1-3-5-7-10/h8-10H,1-7,18H2,(H,19,20). The van der Waals surface area contributed by atoms with E-state index in [-0.39, 0.29) is 11.7 Å². The average Bonchev–Trinajstić information content (AvgIpc) is 2.33. The lowest BCUT2D eigenvalue weighted by Crippen LogP contribution is -2.22.